The Balaban J connectivity index is 0.000000169. The van der Waals surface area contributed by atoms with Crippen molar-refractivity contribution in [3.8, 4) is 11.5 Å². The number of pyridine rings is 1. The molecule has 1 aliphatic rings. The summed E-state index contributed by atoms with van der Waals surface area (Å²) in [6.07, 6.45) is 5.20. The molecule has 6 heteroatoms. The normalized spacial score (nSPS) is 13.8. The number of hydrogen-bond donors (Lipinski definition) is 3. The molecule has 6 nitrogen and oxygen atoms in total. The smallest absolute Gasteiger partial charge is 0.174 e. The molecule has 2 aromatic heterocycles. The summed E-state index contributed by atoms with van der Waals surface area (Å²) in [6.45, 7) is 0.394. The van der Waals surface area contributed by atoms with Gasteiger partial charge in [-0.05, 0) is 24.5 Å². The lowest BCUT2D eigenvalue weighted by Crippen LogP contribution is -1.92. The van der Waals surface area contributed by atoms with Gasteiger partial charge < -0.3 is 10.8 Å². The van der Waals surface area contributed by atoms with Gasteiger partial charge in [0.25, 0.3) is 0 Å². The number of H-pyrrole nitrogens is 1. The second-order valence-corrected chi connectivity index (χ2v) is 4.24. The van der Waals surface area contributed by atoms with Crippen molar-refractivity contribution in [2.75, 3.05) is 12.3 Å². The number of aliphatic hydroxyl groups excluding tert-OH is 1. The van der Waals surface area contributed by atoms with Crippen LogP contribution in [-0.2, 0) is 0 Å². The van der Waals surface area contributed by atoms with Crippen LogP contribution in [0.25, 0.3) is 11.5 Å². The number of hydrogen-bond acceptors (Lipinski definition) is 5. The van der Waals surface area contributed by atoms with Gasteiger partial charge >= 0.3 is 0 Å². The maximum atomic E-state index is 8.28. The molecule has 3 rings (SSSR count). The number of anilines is 1. The van der Waals surface area contributed by atoms with E-state index in [4.69, 9.17) is 10.8 Å². The highest BCUT2D eigenvalue weighted by Gasteiger charge is 2.19. The van der Waals surface area contributed by atoms with Crippen LogP contribution in [0.3, 0.4) is 0 Å². The van der Waals surface area contributed by atoms with E-state index in [0.29, 0.717) is 23.9 Å². The first-order chi connectivity index (χ1) is 8.79. The van der Waals surface area contributed by atoms with Gasteiger partial charge in [-0.3, -0.25) is 5.10 Å². The molecule has 4 N–H and O–H groups in total. The minimum atomic E-state index is 0.394. The lowest BCUT2D eigenvalue weighted by atomic mass is 10.3. The molecule has 18 heavy (non-hydrogen) atoms. The highest BCUT2D eigenvalue weighted by atomic mass is 16.3. The Morgan fingerprint density at radius 1 is 1.39 bits per heavy atom. The van der Waals surface area contributed by atoms with E-state index in [1.54, 1.807) is 6.07 Å². The van der Waals surface area contributed by atoms with Crippen LogP contribution in [0.5, 0.6) is 0 Å². The van der Waals surface area contributed by atoms with E-state index in [0.717, 1.165) is 12.3 Å². The van der Waals surface area contributed by atoms with Crippen LogP contribution in [0, 0.1) is 5.92 Å². The molecule has 1 aliphatic carbocycles. The van der Waals surface area contributed by atoms with Crippen LogP contribution in [0.1, 0.15) is 19.3 Å². The summed E-state index contributed by atoms with van der Waals surface area (Å²) >= 11 is 0. The summed E-state index contributed by atoms with van der Waals surface area (Å²) in [5.74, 6) is 2.00. The molecule has 0 unspecified atom stereocenters. The fourth-order valence-corrected chi connectivity index (χ4v) is 1.50. The van der Waals surface area contributed by atoms with Crippen LogP contribution in [0.15, 0.2) is 24.5 Å². The van der Waals surface area contributed by atoms with Crippen LogP contribution in [0.4, 0.5) is 5.82 Å². The summed E-state index contributed by atoms with van der Waals surface area (Å²) in [5, 5.41) is 14.7. The molecule has 0 radical (unpaired) electrons. The molecule has 1 fully saturated rings. The quantitative estimate of drug-likeness (QED) is 0.757. The van der Waals surface area contributed by atoms with Crippen molar-refractivity contribution >= 4 is 5.82 Å². The largest absolute Gasteiger partial charge is 0.396 e. The van der Waals surface area contributed by atoms with Crippen LogP contribution < -0.4 is 5.73 Å². The van der Waals surface area contributed by atoms with Gasteiger partial charge in [0.15, 0.2) is 5.82 Å². The van der Waals surface area contributed by atoms with E-state index < -0.39 is 0 Å². The summed E-state index contributed by atoms with van der Waals surface area (Å²) < 4.78 is 0. The molecule has 0 bridgehead atoms. The molecule has 96 valence electrons. The minimum absolute atomic E-state index is 0.394. The van der Waals surface area contributed by atoms with Gasteiger partial charge in [-0.2, -0.15) is 5.10 Å². The topological polar surface area (TPSA) is 101 Å². The average Bonchev–Trinajstić information content (AvgIpc) is 3.02. The predicted molar refractivity (Wildman–Crippen MR) is 68.5 cm³/mol. The molecule has 2 aromatic rings. The first-order valence-corrected chi connectivity index (χ1v) is 5.98. The highest BCUT2D eigenvalue weighted by Crippen LogP contribution is 2.31. The van der Waals surface area contributed by atoms with Crippen molar-refractivity contribution in [3.63, 3.8) is 0 Å². The van der Waals surface area contributed by atoms with E-state index in [9.17, 15) is 0 Å². The fourth-order valence-electron chi connectivity index (χ4n) is 1.50. The van der Waals surface area contributed by atoms with Crippen LogP contribution in [0.2, 0.25) is 0 Å². The van der Waals surface area contributed by atoms with Gasteiger partial charge in [-0.15, -0.1) is 0 Å². The summed E-state index contributed by atoms with van der Waals surface area (Å²) in [5.41, 5.74) is 6.19. The lowest BCUT2D eigenvalue weighted by Gasteiger charge is -1.95. The van der Waals surface area contributed by atoms with Crippen molar-refractivity contribution in [2.45, 2.75) is 19.3 Å². The number of aliphatic hydroxyl groups is 1. The van der Waals surface area contributed by atoms with Gasteiger partial charge in [-0.25, -0.2) is 9.97 Å². The van der Waals surface area contributed by atoms with Crippen molar-refractivity contribution in [3.05, 3.63) is 24.5 Å². The van der Waals surface area contributed by atoms with Crippen LogP contribution >= 0.6 is 0 Å². The second kappa shape index (κ2) is 6.11. The molecule has 0 saturated heterocycles. The van der Waals surface area contributed by atoms with Gasteiger partial charge in [0, 0.05) is 6.61 Å². The Labute approximate surface area is 105 Å². The zero-order chi connectivity index (χ0) is 12.8. The zero-order valence-electron chi connectivity index (χ0n) is 10.1. The number of rotatable bonds is 3. The van der Waals surface area contributed by atoms with Crippen molar-refractivity contribution in [1.82, 2.24) is 20.2 Å². The molecule has 0 aliphatic heterocycles. The van der Waals surface area contributed by atoms with E-state index >= 15 is 0 Å². The third-order valence-electron chi connectivity index (χ3n) is 2.66. The number of aromatic nitrogens is 4. The number of aromatic amines is 1. The number of nitrogens with one attached hydrogen (secondary N) is 1. The Morgan fingerprint density at radius 3 is 2.72 bits per heavy atom. The monoisotopic (exact) mass is 247 g/mol. The average molecular weight is 247 g/mol. The minimum Gasteiger partial charge on any atom is -0.396 e. The lowest BCUT2D eigenvalue weighted by molar-refractivity contribution is 0.280. The maximum Gasteiger partial charge on any atom is 0.174 e. The van der Waals surface area contributed by atoms with Crippen molar-refractivity contribution < 1.29 is 5.11 Å². The SMILES string of the molecule is Nc1cccc(-c2ncn[nH]2)n1.OCCC1CC1. The Hall–Kier alpha value is -1.95. The fraction of sp³-hybridized carbons (Fsp3) is 0.417. The summed E-state index contributed by atoms with van der Waals surface area (Å²) in [6, 6.07) is 5.36. The molecule has 0 amide bonds. The third kappa shape index (κ3) is 3.81. The maximum absolute atomic E-state index is 8.28. The number of nitrogen functional groups attached to an aromatic ring is 1. The summed E-state index contributed by atoms with van der Waals surface area (Å²) in [4.78, 5) is 8.00. The Morgan fingerprint density at radius 2 is 2.22 bits per heavy atom. The first-order valence-electron chi connectivity index (χ1n) is 5.98. The third-order valence-corrected chi connectivity index (χ3v) is 2.66. The van der Waals surface area contributed by atoms with Gasteiger partial charge in [-0.1, -0.05) is 18.9 Å². The van der Waals surface area contributed by atoms with Gasteiger partial charge in [0.2, 0.25) is 0 Å². The molecule has 1 saturated carbocycles. The molecular weight excluding hydrogens is 230 g/mol. The molecule has 0 atom stereocenters. The summed E-state index contributed by atoms with van der Waals surface area (Å²) in [7, 11) is 0. The van der Waals surface area contributed by atoms with Gasteiger partial charge in [0.1, 0.15) is 17.8 Å². The van der Waals surface area contributed by atoms with E-state index in [-0.39, 0.29) is 0 Å². The van der Waals surface area contributed by atoms with E-state index in [2.05, 4.69) is 20.2 Å². The Kier molecular flexibility index (Phi) is 4.25. The van der Waals surface area contributed by atoms with E-state index in [1.165, 1.54) is 19.2 Å². The number of nitrogens with two attached hydrogens (primary N) is 1. The molecule has 2 heterocycles. The Bertz CT molecular complexity index is 467. The highest BCUT2D eigenvalue weighted by molar-refractivity contribution is 5.51. The van der Waals surface area contributed by atoms with Crippen molar-refractivity contribution in [2.24, 2.45) is 5.92 Å². The molecule has 0 spiro atoms. The standard InChI is InChI=1S/C7H7N5.C5H10O/c8-6-3-1-2-5(11-6)7-9-4-10-12-7;6-4-3-5-1-2-5/h1-4H,(H2,8,11)(H,9,10,12);5-6H,1-4H2. The second-order valence-electron chi connectivity index (χ2n) is 4.24. The number of nitrogens with zero attached hydrogens (tertiary/aromatic N) is 3. The molecular formula is C12H17N5O. The van der Waals surface area contributed by atoms with Gasteiger partial charge in [0.05, 0.1) is 0 Å². The predicted octanol–water partition coefficient (Wildman–Crippen LogP) is 1.23. The van der Waals surface area contributed by atoms with E-state index in [1.807, 2.05) is 12.1 Å². The molecule has 0 aromatic carbocycles. The van der Waals surface area contributed by atoms with Crippen molar-refractivity contribution in [1.29, 1.82) is 0 Å². The van der Waals surface area contributed by atoms with Crippen LogP contribution in [-0.4, -0.2) is 31.9 Å². The first kappa shape index (κ1) is 12.5. The zero-order valence-corrected chi connectivity index (χ0v) is 10.1.